The zero-order valence-electron chi connectivity index (χ0n) is 17.4. The molecule has 0 bridgehead atoms. The third-order valence-electron chi connectivity index (χ3n) is 3.82. The van der Waals surface area contributed by atoms with E-state index in [0.717, 1.165) is 5.69 Å². The molecule has 9 heteroatoms. The van der Waals surface area contributed by atoms with Gasteiger partial charge in [0.2, 0.25) is 5.91 Å². The highest BCUT2D eigenvalue weighted by Crippen LogP contribution is 2.16. The minimum absolute atomic E-state index is 0. The van der Waals surface area contributed by atoms with Gasteiger partial charge in [0.1, 0.15) is 11.9 Å². The predicted molar refractivity (Wildman–Crippen MR) is 128 cm³/mol. The second-order valence-corrected chi connectivity index (χ2v) is 6.47. The lowest BCUT2D eigenvalue weighted by Crippen LogP contribution is -2.39. The molecule has 2 rings (SSSR count). The van der Waals surface area contributed by atoms with Gasteiger partial charge in [0.05, 0.1) is 6.54 Å². The van der Waals surface area contributed by atoms with Gasteiger partial charge in [-0.3, -0.25) is 4.79 Å². The van der Waals surface area contributed by atoms with E-state index in [2.05, 4.69) is 25.9 Å². The van der Waals surface area contributed by atoms with Crippen molar-refractivity contribution in [2.45, 2.75) is 33.3 Å². The van der Waals surface area contributed by atoms with Crippen LogP contribution in [0.2, 0.25) is 0 Å². The van der Waals surface area contributed by atoms with Gasteiger partial charge in [-0.15, -0.1) is 24.0 Å². The van der Waals surface area contributed by atoms with Gasteiger partial charge in [-0.1, -0.05) is 18.2 Å². The summed E-state index contributed by atoms with van der Waals surface area (Å²) >= 11 is 0. The third kappa shape index (κ3) is 9.38. The number of aliphatic imine (C=N–C) groups is 1. The van der Waals surface area contributed by atoms with Crippen molar-refractivity contribution in [2.75, 3.05) is 25.0 Å². The average molecular weight is 529 g/mol. The Balaban J connectivity index is 0.00000450. The van der Waals surface area contributed by atoms with Gasteiger partial charge in [0.25, 0.3) is 0 Å². The lowest BCUT2D eigenvalue weighted by molar-refractivity contribution is -0.116. The van der Waals surface area contributed by atoms with Gasteiger partial charge < -0.3 is 20.7 Å². The zero-order valence-corrected chi connectivity index (χ0v) is 19.8. The number of hydrogen-bond acceptors (Lipinski definition) is 4. The molecule has 7 nitrogen and oxygen atoms in total. The second-order valence-electron chi connectivity index (χ2n) is 6.47. The summed E-state index contributed by atoms with van der Waals surface area (Å²) in [6, 6.07) is 11.7. The third-order valence-corrected chi connectivity index (χ3v) is 3.82. The summed E-state index contributed by atoms with van der Waals surface area (Å²) in [4.78, 5) is 20.7. The van der Waals surface area contributed by atoms with Crippen LogP contribution in [-0.2, 0) is 4.79 Å². The van der Waals surface area contributed by atoms with Crippen LogP contribution < -0.4 is 20.7 Å². The molecule has 1 aromatic carbocycles. The topological polar surface area (TPSA) is 87.6 Å². The number of amides is 1. The first-order valence-electron chi connectivity index (χ1n) is 9.64. The van der Waals surface area contributed by atoms with Crippen molar-refractivity contribution in [1.29, 1.82) is 0 Å². The number of anilines is 1. The lowest BCUT2D eigenvalue weighted by Gasteiger charge is -2.15. The number of aryl methyl sites for hydroxylation is 1. The fraction of sp³-hybridized carbons (Fsp3) is 0.381. The van der Waals surface area contributed by atoms with Crippen molar-refractivity contribution in [2.24, 2.45) is 4.99 Å². The molecule has 0 fully saturated rings. The molecule has 0 aliphatic heterocycles. The van der Waals surface area contributed by atoms with Gasteiger partial charge in [-0.05, 0) is 45.0 Å². The summed E-state index contributed by atoms with van der Waals surface area (Å²) in [6.45, 7) is 7.06. The van der Waals surface area contributed by atoms with E-state index in [4.69, 9.17) is 4.74 Å². The Bertz CT molecular complexity index is 835. The molecule has 0 aliphatic rings. The van der Waals surface area contributed by atoms with E-state index in [9.17, 15) is 9.18 Å². The van der Waals surface area contributed by atoms with Gasteiger partial charge in [-0.2, -0.15) is 0 Å². The number of carbonyl (C=O) groups excluding carboxylic acids is 1. The summed E-state index contributed by atoms with van der Waals surface area (Å²) in [5, 5.41) is 8.98. The van der Waals surface area contributed by atoms with Crippen LogP contribution in [-0.4, -0.2) is 42.6 Å². The number of aromatic nitrogens is 1. The first kappa shape index (κ1) is 25.6. The molecule has 1 amide bonds. The molecule has 30 heavy (non-hydrogen) atoms. The summed E-state index contributed by atoms with van der Waals surface area (Å²) < 4.78 is 19.2. The number of pyridine rings is 1. The SMILES string of the molecule is CCNC(=NCC(C)Oc1ccccc1F)NCCC(=O)Nc1cccc(C)n1.I. The molecule has 0 radical (unpaired) electrons. The van der Waals surface area contributed by atoms with Crippen molar-refractivity contribution in [1.82, 2.24) is 15.6 Å². The number of rotatable bonds is 9. The summed E-state index contributed by atoms with van der Waals surface area (Å²) in [5.41, 5.74) is 0.842. The molecule has 1 atom stereocenters. The van der Waals surface area contributed by atoms with Gasteiger partial charge in [0, 0.05) is 25.2 Å². The van der Waals surface area contributed by atoms with E-state index in [0.29, 0.717) is 31.4 Å². The molecule has 0 spiro atoms. The monoisotopic (exact) mass is 529 g/mol. The Morgan fingerprint density at radius 2 is 1.97 bits per heavy atom. The summed E-state index contributed by atoms with van der Waals surface area (Å²) in [7, 11) is 0. The van der Waals surface area contributed by atoms with Crippen molar-refractivity contribution in [3.8, 4) is 5.75 Å². The van der Waals surface area contributed by atoms with Gasteiger partial charge in [0.15, 0.2) is 17.5 Å². The largest absolute Gasteiger partial charge is 0.486 e. The van der Waals surface area contributed by atoms with Crippen molar-refractivity contribution >= 4 is 41.7 Å². The van der Waals surface area contributed by atoms with Crippen LogP contribution in [0.1, 0.15) is 26.0 Å². The number of hydrogen-bond donors (Lipinski definition) is 3. The predicted octanol–water partition coefficient (Wildman–Crippen LogP) is 3.50. The van der Waals surface area contributed by atoms with E-state index in [1.807, 2.05) is 32.9 Å². The summed E-state index contributed by atoms with van der Waals surface area (Å²) in [6.07, 6.45) is -0.0422. The maximum Gasteiger partial charge on any atom is 0.227 e. The maximum absolute atomic E-state index is 13.7. The highest BCUT2D eigenvalue weighted by atomic mass is 127. The standard InChI is InChI=1S/C21H28FN5O2.HI/c1-4-23-21(25-14-16(3)29-18-10-6-5-9-17(18)22)24-13-12-20(28)27-19-11-7-8-15(2)26-19;/h5-11,16H,4,12-14H2,1-3H3,(H2,23,24,25)(H,26,27,28);1H. The lowest BCUT2D eigenvalue weighted by atomic mass is 10.3. The highest BCUT2D eigenvalue weighted by Gasteiger charge is 2.09. The fourth-order valence-corrected chi connectivity index (χ4v) is 2.47. The Morgan fingerprint density at radius 3 is 2.67 bits per heavy atom. The number of nitrogens with one attached hydrogen (secondary N) is 3. The smallest absolute Gasteiger partial charge is 0.227 e. The maximum atomic E-state index is 13.7. The van der Waals surface area contributed by atoms with E-state index in [1.54, 1.807) is 24.3 Å². The Hall–Kier alpha value is -2.43. The van der Waals surface area contributed by atoms with Crippen molar-refractivity contribution in [3.05, 3.63) is 54.0 Å². The number of benzene rings is 1. The van der Waals surface area contributed by atoms with Crippen LogP contribution in [0.15, 0.2) is 47.5 Å². The summed E-state index contributed by atoms with van der Waals surface area (Å²) in [5.74, 6) is 0.771. The van der Waals surface area contributed by atoms with E-state index < -0.39 is 5.82 Å². The number of para-hydroxylation sites is 1. The number of halogens is 2. The molecular formula is C21H29FIN5O2. The highest BCUT2D eigenvalue weighted by molar-refractivity contribution is 14.0. The van der Waals surface area contributed by atoms with Crippen molar-refractivity contribution < 1.29 is 13.9 Å². The molecular weight excluding hydrogens is 500 g/mol. The van der Waals surface area contributed by atoms with Gasteiger partial charge >= 0.3 is 0 Å². The first-order chi connectivity index (χ1) is 14.0. The quantitative estimate of drug-likeness (QED) is 0.263. The number of nitrogens with zero attached hydrogens (tertiary/aromatic N) is 2. The fourth-order valence-electron chi connectivity index (χ4n) is 2.47. The normalized spacial score (nSPS) is 11.8. The van der Waals surface area contributed by atoms with E-state index in [-0.39, 0.29) is 48.2 Å². The molecule has 1 heterocycles. The van der Waals surface area contributed by atoms with Crippen LogP contribution in [0.4, 0.5) is 10.2 Å². The molecule has 164 valence electrons. The van der Waals surface area contributed by atoms with Crippen LogP contribution >= 0.6 is 24.0 Å². The van der Waals surface area contributed by atoms with E-state index in [1.165, 1.54) is 6.07 Å². The molecule has 1 aromatic heterocycles. The second kappa shape index (κ2) is 13.7. The molecule has 1 unspecified atom stereocenters. The van der Waals surface area contributed by atoms with Gasteiger partial charge in [-0.25, -0.2) is 14.4 Å². The Morgan fingerprint density at radius 1 is 1.20 bits per heavy atom. The Labute approximate surface area is 193 Å². The number of carbonyl (C=O) groups is 1. The molecule has 3 N–H and O–H groups in total. The van der Waals surface area contributed by atoms with Crippen LogP contribution in [0.5, 0.6) is 5.75 Å². The average Bonchev–Trinajstić information content (AvgIpc) is 2.68. The molecule has 2 aromatic rings. The number of guanidine groups is 1. The molecule has 0 aliphatic carbocycles. The first-order valence-corrected chi connectivity index (χ1v) is 9.64. The zero-order chi connectivity index (χ0) is 21.1. The van der Waals surface area contributed by atoms with Crippen molar-refractivity contribution in [3.63, 3.8) is 0 Å². The van der Waals surface area contributed by atoms with Crippen LogP contribution in [0.25, 0.3) is 0 Å². The Kier molecular flexibility index (Phi) is 11.7. The van der Waals surface area contributed by atoms with Crippen LogP contribution in [0.3, 0.4) is 0 Å². The molecule has 0 saturated carbocycles. The number of ether oxygens (including phenoxy) is 1. The van der Waals surface area contributed by atoms with Crippen LogP contribution in [0, 0.1) is 12.7 Å². The molecule has 0 saturated heterocycles. The van der Waals surface area contributed by atoms with E-state index >= 15 is 0 Å². The minimum Gasteiger partial charge on any atom is -0.486 e. The minimum atomic E-state index is -0.400.